The average molecular weight is 359 g/mol. The molecular weight excluding hydrogens is 338 g/mol. The number of amides is 1. The summed E-state index contributed by atoms with van der Waals surface area (Å²) >= 11 is 0. The predicted molar refractivity (Wildman–Crippen MR) is 103 cm³/mol. The molecule has 1 aromatic heterocycles. The van der Waals surface area contributed by atoms with E-state index in [1.165, 1.54) is 0 Å². The highest BCUT2D eigenvalue weighted by atomic mass is 16.1. The summed E-state index contributed by atoms with van der Waals surface area (Å²) in [5.74, 6) is 0.874. The first-order chi connectivity index (χ1) is 13.1. The maximum Gasteiger partial charge on any atom is 0.251 e. The molecule has 1 atom stereocenters. The maximum atomic E-state index is 12.3. The molecule has 0 radical (unpaired) electrons. The molecule has 4 rings (SSSR count). The summed E-state index contributed by atoms with van der Waals surface area (Å²) in [5, 5.41) is 15.4. The standard InChI is InChI=1S/C21H21N5O/c1-14-24-19-10-16(11-22)4-7-20(19)26(14)13-15-2-5-17(6-3-15)21(27)25-18-8-9-23-12-18/h2-7,10,18,23H,8-9,12-13H2,1H3,(H,25,27). The lowest BCUT2D eigenvalue weighted by Crippen LogP contribution is -2.36. The fraction of sp³-hybridized carbons (Fsp3) is 0.286. The van der Waals surface area contributed by atoms with Crippen molar-refractivity contribution in [3.8, 4) is 6.07 Å². The Morgan fingerprint density at radius 3 is 2.85 bits per heavy atom. The number of nitrogens with one attached hydrogen (secondary N) is 2. The van der Waals surface area contributed by atoms with Gasteiger partial charge in [0.25, 0.3) is 5.91 Å². The lowest BCUT2D eigenvalue weighted by atomic mass is 10.1. The third-order valence-corrected chi connectivity index (χ3v) is 5.02. The van der Waals surface area contributed by atoms with Gasteiger partial charge in [0.15, 0.2) is 0 Å². The highest BCUT2D eigenvalue weighted by molar-refractivity contribution is 5.94. The topological polar surface area (TPSA) is 82.7 Å². The Morgan fingerprint density at radius 1 is 1.33 bits per heavy atom. The molecule has 6 nitrogen and oxygen atoms in total. The van der Waals surface area contributed by atoms with E-state index in [4.69, 9.17) is 5.26 Å². The molecule has 1 unspecified atom stereocenters. The second-order valence-electron chi connectivity index (χ2n) is 6.92. The number of aryl methyl sites for hydroxylation is 1. The summed E-state index contributed by atoms with van der Waals surface area (Å²) in [5.41, 5.74) is 4.21. The number of carbonyl (C=O) groups is 1. The minimum Gasteiger partial charge on any atom is -0.348 e. The Kier molecular flexibility index (Phi) is 4.61. The van der Waals surface area contributed by atoms with Crippen LogP contribution in [-0.2, 0) is 6.54 Å². The van der Waals surface area contributed by atoms with Crippen LogP contribution in [0.15, 0.2) is 42.5 Å². The van der Waals surface area contributed by atoms with E-state index in [2.05, 4.69) is 26.3 Å². The highest BCUT2D eigenvalue weighted by Crippen LogP contribution is 2.19. The van der Waals surface area contributed by atoms with Crippen molar-refractivity contribution in [3.05, 3.63) is 65.0 Å². The minimum absolute atomic E-state index is 0.0245. The molecule has 1 saturated heterocycles. The molecular formula is C21H21N5O. The molecule has 1 aliphatic rings. The zero-order valence-corrected chi connectivity index (χ0v) is 15.2. The number of fused-ring (bicyclic) bond motifs is 1. The van der Waals surface area contributed by atoms with Gasteiger partial charge in [0.1, 0.15) is 5.82 Å². The molecule has 1 aliphatic heterocycles. The van der Waals surface area contributed by atoms with E-state index in [0.717, 1.165) is 41.9 Å². The van der Waals surface area contributed by atoms with Crippen molar-refractivity contribution >= 4 is 16.9 Å². The Hall–Kier alpha value is -3.17. The van der Waals surface area contributed by atoms with E-state index >= 15 is 0 Å². The molecule has 1 amide bonds. The summed E-state index contributed by atoms with van der Waals surface area (Å²) in [7, 11) is 0. The minimum atomic E-state index is -0.0245. The normalized spacial score (nSPS) is 16.4. The van der Waals surface area contributed by atoms with Crippen LogP contribution >= 0.6 is 0 Å². The van der Waals surface area contributed by atoms with Crippen LogP contribution in [0.5, 0.6) is 0 Å². The van der Waals surface area contributed by atoms with E-state index in [9.17, 15) is 4.79 Å². The third-order valence-electron chi connectivity index (χ3n) is 5.02. The fourth-order valence-corrected chi connectivity index (χ4v) is 3.51. The molecule has 2 N–H and O–H groups in total. The first kappa shape index (κ1) is 17.3. The van der Waals surface area contributed by atoms with Crippen LogP contribution in [-0.4, -0.2) is 34.6 Å². The first-order valence-corrected chi connectivity index (χ1v) is 9.11. The lowest BCUT2D eigenvalue weighted by Gasteiger charge is -2.12. The summed E-state index contributed by atoms with van der Waals surface area (Å²) in [6, 6.07) is 15.6. The van der Waals surface area contributed by atoms with Crippen LogP contribution < -0.4 is 10.6 Å². The zero-order valence-electron chi connectivity index (χ0n) is 15.2. The number of imidazole rings is 1. The summed E-state index contributed by atoms with van der Waals surface area (Å²) in [4.78, 5) is 16.9. The largest absolute Gasteiger partial charge is 0.348 e. The molecule has 6 heteroatoms. The maximum absolute atomic E-state index is 12.3. The van der Waals surface area contributed by atoms with Crippen molar-refractivity contribution in [2.45, 2.75) is 25.9 Å². The molecule has 0 spiro atoms. The smallest absolute Gasteiger partial charge is 0.251 e. The predicted octanol–water partition coefficient (Wildman–Crippen LogP) is 2.36. The fourth-order valence-electron chi connectivity index (χ4n) is 3.51. The number of hydrogen-bond donors (Lipinski definition) is 2. The number of rotatable bonds is 4. The lowest BCUT2D eigenvalue weighted by molar-refractivity contribution is 0.0940. The SMILES string of the molecule is Cc1nc2cc(C#N)ccc2n1Cc1ccc(C(=O)NC2CCNC2)cc1. The van der Waals surface area contributed by atoms with Crippen LogP contribution in [0.1, 0.15) is 33.7 Å². The van der Waals surface area contributed by atoms with Gasteiger partial charge in [-0.2, -0.15) is 5.26 Å². The number of aromatic nitrogens is 2. The van der Waals surface area contributed by atoms with Crippen LogP contribution in [0.3, 0.4) is 0 Å². The molecule has 1 fully saturated rings. The molecule has 27 heavy (non-hydrogen) atoms. The van der Waals surface area contributed by atoms with Crippen LogP contribution in [0.4, 0.5) is 0 Å². The number of carbonyl (C=O) groups excluding carboxylic acids is 1. The van der Waals surface area contributed by atoms with Gasteiger partial charge >= 0.3 is 0 Å². The Morgan fingerprint density at radius 2 is 2.15 bits per heavy atom. The van der Waals surface area contributed by atoms with Gasteiger partial charge in [-0.05, 0) is 55.8 Å². The molecule has 0 saturated carbocycles. The van der Waals surface area contributed by atoms with Crippen molar-refractivity contribution in [1.29, 1.82) is 5.26 Å². The van der Waals surface area contributed by atoms with Gasteiger partial charge in [0.2, 0.25) is 0 Å². The van der Waals surface area contributed by atoms with E-state index in [-0.39, 0.29) is 11.9 Å². The van der Waals surface area contributed by atoms with Gasteiger partial charge in [-0.1, -0.05) is 12.1 Å². The third kappa shape index (κ3) is 3.55. The van der Waals surface area contributed by atoms with E-state index in [1.54, 1.807) is 0 Å². The van der Waals surface area contributed by atoms with Gasteiger partial charge in [-0.25, -0.2) is 4.98 Å². The van der Waals surface area contributed by atoms with E-state index < -0.39 is 0 Å². The Balaban J connectivity index is 1.51. The second kappa shape index (κ2) is 7.22. The Labute approximate surface area is 157 Å². The molecule has 136 valence electrons. The monoisotopic (exact) mass is 359 g/mol. The average Bonchev–Trinajstić information content (AvgIpc) is 3.29. The van der Waals surface area contributed by atoms with Gasteiger partial charge in [0.05, 0.1) is 22.7 Å². The van der Waals surface area contributed by atoms with Gasteiger partial charge < -0.3 is 15.2 Å². The van der Waals surface area contributed by atoms with Gasteiger partial charge in [-0.3, -0.25) is 4.79 Å². The molecule has 2 heterocycles. The number of hydrogen-bond acceptors (Lipinski definition) is 4. The van der Waals surface area contributed by atoms with E-state index in [1.807, 2.05) is 49.4 Å². The van der Waals surface area contributed by atoms with Crippen LogP contribution in [0, 0.1) is 18.3 Å². The molecule has 0 aliphatic carbocycles. The quantitative estimate of drug-likeness (QED) is 0.749. The van der Waals surface area contributed by atoms with Gasteiger partial charge in [-0.15, -0.1) is 0 Å². The molecule has 3 aromatic rings. The number of benzene rings is 2. The summed E-state index contributed by atoms with van der Waals surface area (Å²) in [6.07, 6.45) is 0.977. The highest BCUT2D eigenvalue weighted by Gasteiger charge is 2.17. The summed E-state index contributed by atoms with van der Waals surface area (Å²) < 4.78 is 2.12. The Bertz CT molecular complexity index is 1020. The van der Waals surface area contributed by atoms with Crippen molar-refractivity contribution in [1.82, 2.24) is 20.2 Å². The van der Waals surface area contributed by atoms with Crippen molar-refractivity contribution < 1.29 is 4.79 Å². The van der Waals surface area contributed by atoms with Crippen molar-refractivity contribution in [2.24, 2.45) is 0 Å². The van der Waals surface area contributed by atoms with Crippen molar-refractivity contribution in [3.63, 3.8) is 0 Å². The molecule has 2 aromatic carbocycles. The van der Waals surface area contributed by atoms with Gasteiger partial charge in [0, 0.05) is 24.7 Å². The van der Waals surface area contributed by atoms with Crippen LogP contribution in [0.2, 0.25) is 0 Å². The summed E-state index contributed by atoms with van der Waals surface area (Å²) in [6.45, 7) is 4.43. The molecule has 0 bridgehead atoms. The number of nitriles is 1. The first-order valence-electron chi connectivity index (χ1n) is 9.11. The second-order valence-corrected chi connectivity index (χ2v) is 6.92. The van der Waals surface area contributed by atoms with Crippen LogP contribution in [0.25, 0.3) is 11.0 Å². The van der Waals surface area contributed by atoms with Crippen molar-refractivity contribution in [2.75, 3.05) is 13.1 Å². The van der Waals surface area contributed by atoms with E-state index in [0.29, 0.717) is 17.7 Å². The number of nitrogens with zero attached hydrogens (tertiary/aromatic N) is 3. The zero-order chi connectivity index (χ0) is 18.8.